The van der Waals surface area contributed by atoms with Crippen LogP contribution in [0.3, 0.4) is 0 Å². The molecule has 1 aliphatic rings. The highest BCUT2D eigenvalue weighted by Crippen LogP contribution is 2.43. The van der Waals surface area contributed by atoms with Gasteiger partial charge in [-0.25, -0.2) is 0 Å². The molecule has 1 saturated heterocycles. The molecule has 0 bridgehead atoms. The van der Waals surface area contributed by atoms with E-state index in [-0.39, 0.29) is 11.3 Å². The van der Waals surface area contributed by atoms with E-state index >= 15 is 0 Å². The van der Waals surface area contributed by atoms with Gasteiger partial charge in [0.25, 0.3) is 0 Å². The van der Waals surface area contributed by atoms with E-state index < -0.39 is 0 Å². The minimum absolute atomic E-state index is 0.125. The monoisotopic (exact) mass is 326 g/mol. The van der Waals surface area contributed by atoms with Crippen LogP contribution in [0.5, 0.6) is 0 Å². The van der Waals surface area contributed by atoms with Crippen molar-refractivity contribution in [3.05, 3.63) is 0 Å². The number of carbonyl (C=O) groups is 1. The number of hydrogen-bond acceptors (Lipinski definition) is 3. The van der Waals surface area contributed by atoms with Crippen molar-refractivity contribution in [1.29, 1.82) is 0 Å². The van der Waals surface area contributed by atoms with E-state index in [1.54, 1.807) is 0 Å². The summed E-state index contributed by atoms with van der Waals surface area (Å²) in [7, 11) is 4.06. The van der Waals surface area contributed by atoms with Gasteiger partial charge in [-0.05, 0) is 50.6 Å². The molecule has 0 aromatic heterocycles. The zero-order chi connectivity index (χ0) is 17.5. The first-order valence-electron chi connectivity index (χ1n) is 9.27. The lowest BCUT2D eigenvalue weighted by atomic mass is 9.69. The van der Waals surface area contributed by atoms with E-state index in [1.165, 1.54) is 6.42 Å². The Bertz CT molecular complexity index is 355. The highest BCUT2D eigenvalue weighted by molar-refractivity contribution is 5.76. The van der Waals surface area contributed by atoms with Crippen LogP contribution in [0.15, 0.2) is 0 Å². The molecule has 0 aromatic rings. The van der Waals surface area contributed by atoms with Crippen LogP contribution in [0.2, 0.25) is 0 Å². The molecule has 1 rings (SSSR count). The smallest absolute Gasteiger partial charge is 0.220 e. The number of nitrogens with zero attached hydrogens (tertiary/aromatic N) is 1. The van der Waals surface area contributed by atoms with E-state index in [1.807, 2.05) is 14.1 Å². The highest BCUT2D eigenvalue weighted by Gasteiger charge is 2.39. The number of amides is 1. The number of hydrogen-bond donors (Lipinski definition) is 1. The second-order valence-corrected chi connectivity index (χ2v) is 8.37. The highest BCUT2D eigenvalue weighted by atomic mass is 16.5. The third-order valence-electron chi connectivity index (χ3n) is 5.01. The Morgan fingerprint density at radius 1 is 1.30 bits per heavy atom. The van der Waals surface area contributed by atoms with Gasteiger partial charge in [0.05, 0.1) is 6.10 Å². The van der Waals surface area contributed by atoms with Crippen LogP contribution >= 0.6 is 0 Å². The number of rotatable bonds is 9. The summed E-state index contributed by atoms with van der Waals surface area (Å²) in [6, 6.07) is 0. The maximum absolute atomic E-state index is 12.4. The van der Waals surface area contributed by atoms with Gasteiger partial charge in [-0.15, -0.1) is 0 Å². The van der Waals surface area contributed by atoms with Crippen LogP contribution in [0.1, 0.15) is 59.8 Å². The Labute approximate surface area is 143 Å². The summed E-state index contributed by atoms with van der Waals surface area (Å²) in [6.45, 7) is 11.4. The molecule has 0 unspecified atom stereocenters. The fraction of sp³-hybridized carbons (Fsp3) is 0.947. The predicted molar refractivity (Wildman–Crippen MR) is 96.5 cm³/mol. The van der Waals surface area contributed by atoms with E-state index in [0.717, 1.165) is 39.0 Å². The van der Waals surface area contributed by atoms with E-state index in [2.05, 4.69) is 37.9 Å². The summed E-state index contributed by atoms with van der Waals surface area (Å²) in [4.78, 5) is 14.5. The van der Waals surface area contributed by atoms with Crippen LogP contribution < -0.4 is 5.32 Å². The molecule has 0 aliphatic carbocycles. The van der Waals surface area contributed by atoms with Crippen molar-refractivity contribution < 1.29 is 9.53 Å². The summed E-state index contributed by atoms with van der Waals surface area (Å²) in [6.07, 6.45) is 5.32. The maximum Gasteiger partial charge on any atom is 0.220 e. The van der Waals surface area contributed by atoms with Crippen LogP contribution in [0.25, 0.3) is 0 Å². The van der Waals surface area contributed by atoms with Crippen molar-refractivity contribution in [3.8, 4) is 0 Å². The van der Waals surface area contributed by atoms with Crippen molar-refractivity contribution in [2.75, 3.05) is 33.8 Å². The maximum atomic E-state index is 12.4. The zero-order valence-electron chi connectivity index (χ0n) is 16.2. The van der Waals surface area contributed by atoms with Crippen LogP contribution in [0, 0.1) is 17.3 Å². The molecule has 0 aromatic carbocycles. The van der Waals surface area contributed by atoms with E-state index in [9.17, 15) is 4.79 Å². The Morgan fingerprint density at radius 2 is 2.00 bits per heavy atom. The minimum Gasteiger partial charge on any atom is -0.378 e. The molecule has 1 N–H and O–H groups in total. The first kappa shape index (κ1) is 20.4. The normalized spacial score (nSPS) is 25.3. The molecule has 23 heavy (non-hydrogen) atoms. The lowest BCUT2D eigenvalue weighted by Crippen LogP contribution is -2.42. The molecule has 136 valence electrons. The molecule has 4 heteroatoms. The summed E-state index contributed by atoms with van der Waals surface area (Å²) < 4.78 is 5.96. The second kappa shape index (κ2) is 9.63. The molecule has 0 spiro atoms. The predicted octanol–water partition coefficient (Wildman–Crippen LogP) is 3.31. The Morgan fingerprint density at radius 3 is 2.57 bits per heavy atom. The Balaban J connectivity index is 2.65. The van der Waals surface area contributed by atoms with Gasteiger partial charge in [-0.1, -0.05) is 34.1 Å². The third-order valence-corrected chi connectivity index (χ3v) is 5.01. The Kier molecular flexibility index (Phi) is 8.56. The zero-order valence-corrected chi connectivity index (χ0v) is 16.2. The van der Waals surface area contributed by atoms with Crippen molar-refractivity contribution >= 4 is 5.91 Å². The molecule has 1 aliphatic heterocycles. The minimum atomic E-state index is 0.125. The van der Waals surface area contributed by atoms with Gasteiger partial charge < -0.3 is 15.0 Å². The van der Waals surface area contributed by atoms with Crippen molar-refractivity contribution in [3.63, 3.8) is 0 Å². The average molecular weight is 327 g/mol. The lowest BCUT2D eigenvalue weighted by molar-refractivity contribution is -0.128. The first-order chi connectivity index (χ1) is 10.7. The second-order valence-electron chi connectivity index (χ2n) is 8.37. The SMILES string of the molecule is CC(C)CC[C@@]1(CC(=O)NCCN(C)C)CCO[C@H](C(C)C)C1. The summed E-state index contributed by atoms with van der Waals surface area (Å²) in [5, 5.41) is 3.10. The molecule has 0 radical (unpaired) electrons. The van der Waals surface area contributed by atoms with E-state index in [0.29, 0.717) is 24.4 Å². The van der Waals surface area contributed by atoms with Crippen LogP contribution in [-0.4, -0.2) is 50.7 Å². The van der Waals surface area contributed by atoms with Crippen molar-refractivity contribution in [2.24, 2.45) is 17.3 Å². The number of nitrogens with one attached hydrogen (secondary N) is 1. The summed E-state index contributed by atoms with van der Waals surface area (Å²) >= 11 is 0. The van der Waals surface area contributed by atoms with Gasteiger partial charge in [0.15, 0.2) is 0 Å². The van der Waals surface area contributed by atoms with Gasteiger partial charge in [-0.3, -0.25) is 4.79 Å². The number of ether oxygens (including phenoxy) is 1. The molecular formula is C19H38N2O2. The fourth-order valence-corrected chi connectivity index (χ4v) is 3.34. The summed E-state index contributed by atoms with van der Waals surface area (Å²) in [5.74, 6) is 1.41. The first-order valence-corrected chi connectivity index (χ1v) is 9.27. The van der Waals surface area contributed by atoms with Crippen molar-refractivity contribution in [1.82, 2.24) is 10.2 Å². The van der Waals surface area contributed by atoms with Crippen LogP contribution in [-0.2, 0) is 9.53 Å². The molecule has 1 amide bonds. The number of likely N-dealkylation sites (N-methyl/N-ethyl adjacent to an activating group) is 1. The topological polar surface area (TPSA) is 41.6 Å². The molecule has 1 heterocycles. The van der Waals surface area contributed by atoms with Gasteiger partial charge in [-0.2, -0.15) is 0 Å². The van der Waals surface area contributed by atoms with Gasteiger partial charge in [0.2, 0.25) is 5.91 Å². The largest absolute Gasteiger partial charge is 0.378 e. The van der Waals surface area contributed by atoms with E-state index in [4.69, 9.17) is 4.74 Å². The van der Waals surface area contributed by atoms with Gasteiger partial charge in [0, 0.05) is 26.1 Å². The number of carbonyl (C=O) groups excluding carboxylic acids is 1. The molecule has 0 saturated carbocycles. The lowest BCUT2D eigenvalue weighted by Gasteiger charge is -2.42. The quantitative estimate of drug-likeness (QED) is 0.707. The third kappa shape index (κ3) is 7.67. The molecule has 2 atom stereocenters. The average Bonchev–Trinajstić information content (AvgIpc) is 2.45. The Hall–Kier alpha value is -0.610. The molecule has 1 fully saturated rings. The van der Waals surface area contributed by atoms with Crippen molar-refractivity contribution in [2.45, 2.75) is 65.9 Å². The van der Waals surface area contributed by atoms with Gasteiger partial charge in [0.1, 0.15) is 0 Å². The fourth-order valence-electron chi connectivity index (χ4n) is 3.34. The molecular weight excluding hydrogens is 288 g/mol. The standard InChI is InChI=1S/C19H38N2O2/c1-15(2)7-8-19(9-12-23-17(13-19)16(3)4)14-18(22)20-10-11-21(5)6/h15-17H,7-14H2,1-6H3,(H,20,22)/t17-,19+/m0/s1. The molecule has 4 nitrogen and oxygen atoms in total. The van der Waals surface area contributed by atoms with Gasteiger partial charge >= 0.3 is 0 Å². The van der Waals surface area contributed by atoms with Crippen LogP contribution in [0.4, 0.5) is 0 Å². The summed E-state index contributed by atoms with van der Waals surface area (Å²) in [5.41, 5.74) is 0.125.